The second-order valence-electron chi connectivity index (χ2n) is 6.59. The average molecular weight is 483 g/mol. The van der Waals surface area contributed by atoms with Crippen molar-refractivity contribution < 1.29 is 23.9 Å². The van der Waals surface area contributed by atoms with E-state index in [0.29, 0.717) is 15.8 Å². The topological polar surface area (TPSA) is 109 Å². The molecular weight excluding hydrogens is 464 g/mol. The zero-order chi connectivity index (χ0) is 22.2. The molecular formula is C23H19BrN2O5. The highest BCUT2D eigenvalue weighted by atomic mass is 79.9. The number of furan rings is 1. The quantitative estimate of drug-likeness (QED) is 0.424. The number of carboxylic acid groups (broad SMARTS) is 1. The molecule has 2 amide bonds. The number of carbonyl (C=O) groups is 3. The van der Waals surface area contributed by atoms with Crippen molar-refractivity contribution in [1.82, 2.24) is 10.6 Å². The molecule has 3 rings (SSSR count). The molecule has 0 aliphatic carbocycles. The molecule has 0 aliphatic heterocycles. The molecule has 158 valence electrons. The van der Waals surface area contributed by atoms with Gasteiger partial charge in [-0.3, -0.25) is 9.59 Å². The van der Waals surface area contributed by atoms with E-state index in [9.17, 15) is 19.5 Å². The van der Waals surface area contributed by atoms with Gasteiger partial charge in [0.2, 0.25) is 0 Å². The molecule has 0 radical (unpaired) electrons. The number of hydrogen-bond donors (Lipinski definition) is 3. The number of aliphatic carboxylic acids is 1. The number of hydrogen-bond acceptors (Lipinski definition) is 4. The number of rotatable bonds is 8. The third kappa shape index (κ3) is 6.42. The predicted octanol–water partition coefficient (Wildman–Crippen LogP) is 3.63. The smallest absolute Gasteiger partial charge is 0.326 e. The van der Waals surface area contributed by atoms with E-state index in [4.69, 9.17) is 4.42 Å². The first-order valence-corrected chi connectivity index (χ1v) is 10.1. The van der Waals surface area contributed by atoms with Gasteiger partial charge in [-0.2, -0.15) is 0 Å². The van der Waals surface area contributed by atoms with E-state index in [1.807, 2.05) is 6.07 Å². The largest absolute Gasteiger partial charge is 0.480 e. The van der Waals surface area contributed by atoms with Crippen molar-refractivity contribution in [3.05, 3.63) is 100 Å². The van der Waals surface area contributed by atoms with E-state index in [1.165, 1.54) is 12.3 Å². The van der Waals surface area contributed by atoms with Crippen LogP contribution in [0.5, 0.6) is 0 Å². The number of nitrogens with one attached hydrogen (secondary N) is 2. The summed E-state index contributed by atoms with van der Waals surface area (Å²) in [4.78, 5) is 37.3. The number of carboxylic acids is 1. The Bertz CT molecular complexity index is 1090. The van der Waals surface area contributed by atoms with Crippen LogP contribution in [0.1, 0.15) is 21.7 Å². The molecule has 0 saturated carbocycles. The molecule has 31 heavy (non-hydrogen) atoms. The van der Waals surface area contributed by atoms with Gasteiger partial charge in [-0.1, -0.05) is 52.3 Å². The number of amides is 2. The van der Waals surface area contributed by atoms with Crippen molar-refractivity contribution in [1.29, 1.82) is 0 Å². The van der Waals surface area contributed by atoms with Gasteiger partial charge >= 0.3 is 5.97 Å². The molecule has 0 spiro atoms. The Balaban J connectivity index is 1.81. The maximum absolute atomic E-state index is 12.9. The lowest BCUT2D eigenvalue weighted by atomic mass is 10.1. The van der Waals surface area contributed by atoms with Gasteiger partial charge in [0.1, 0.15) is 17.5 Å². The first kappa shape index (κ1) is 22.0. The molecule has 1 heterocycles. The van der Waals surface area contributed by atoms with Gasteiger partial charge in [0, 0.05) is 22.5 Å². The lowest BCUT2D eigenvalue weighted by Crippen LogP contribution is -2.45. The van der Waals surface area contributed by atoms with E-state index >= 15 is 0 Å². The van der Waals surface area contributed by atoms with Crippen molar-refractivity contribution >= 4 is 39.8 Å². The van der Waals surface area contributed by atoms with Gasteiger partial charge in [-0.15, -0.1) is 0 Å². The van der Waals surface area contributed by atoms with Crippen LogP contribution < -0.4 is 10.6 Å². The molecule has 1 atom stereocenters. The van der Waals surface area contributed by atoms with Gasteiger partial charge < -0.3 is 20.2 Å². The standard InChI is InChI=1S/C23H19BrN2O5/c24-17-9-4-8-16(13-17)21(27)25-19(14-18-10-5-11-31-18)22(28)26-20(23(29)30)12-15-6-2-1-3-7-15/h1-11,13-14,20H,12H2,(H,25,27)(H,26,28)(H,29,30)/b19-14-/t20-/m0/s1. The Morgan fingerprint density at radius 3 is 2.45 bits per heavy atom. The van der Waals surface area contributed by atoms with Crippen molar-refractivity contribution in [2.45, 2.75) is 12.5 Å². The first-order chi connectivity index (χ1) is 14.9. The van der Waals surface area contributed by atoms with E-state index in [1.54, 1.807) is 60.7 Å². The van der Waals surface area contributed by atoms with Crippen LogP contribution >= 0.6 is 15.9 Å². The average Bonchev–Trinajstić information content (AvgIpc) is 3.26. The van der Waals surface area contributed by atoms with Crippen LogP contribution in [0.4, 0.5) is 0 Å². The third-order valence-corrected chi connectivity index (χ3v) is 4.79. The third-order valence-electron chi connectivity index (χ3n) is 4.30. The van der Waals surface area contributed by atoms with Gasteiger partial charge in [0.25, 0.3) is 11.8 Å². The van der Waals surface area contributed by atoms with Crippen LogP contribution in [0.15, 0.2) is 87.6 Å². The van der Waals surface area contributed by atoms with Crippen molar-refractivity contribution in [3.63, 3.8) is 0 Å². The van der Waals surface area contributed by atoms with Crippen LogP contribution in [0.25, 0.3) is 6.08 Å². The van der Waals surface area contributed by atoms with E-state index in [0.717, 1.165) is 5.56 Å². The Labute approximate surface area is 186 Å². The minimum Gasteiger partial charge on any atom is -0.480 e. The zero-order valence-electron chi connectivity index (χ0n) is 16.2. The molecule has 8 heteroatoms. The van der Waals surface area contributed by atoms with Crippen molar-refractivity contribution in [2.24, 2.45) is 0 Å². The van der Waals surface area contributed by atoms with Crippen LogP contribution in [-0.4, -0.2) is 28.9 Å². The second kappa shape index (κ2) is 10.4. The highest BCUT2D eigenvalue weighted by Crippen LogP contribution is 2.13. The Kier molecular flexibility index (Phi) is 7.40. The van der Waals surface area contributed by atoms with Crippen molar-refractivity contribution in [2.75, 3.05) is 0 Å². The summed E-state index contributed by atoms with van der Waals surface area (Å²) in [5.41, 5.74) is 0.941. The SMILES string of the molecule is O=C(N[C@@H](Cc1ccccc1)C(=O)O)/C(=C/c1ccco1)NC(=O)c1cccc(Br)c1. The maximum atomic E-state index is 12.9. The molecule has 0 saturated heterocycles. The summed E-state index contributed by atoms with van der Waals surface area (Å²) < 4.78 is 5.94. The zero-order valence-corrected chi connectivity index (χ0v) is 17.8. The summed E-state index contributed by atoms with van der Waals surface area (Å²) in [5.74, 6) is -2.13. The summed E-state index contributed by atoms with van der Waals surface area (Å²) in [6.07, 6.45) is 2.86. The second-order valence-corrected chi connectivity index (χ2v) is 7.51. The lowest BCUT2D eigenvalue weighted by Gasteiger charge is -2.17. The van der Waals surface area contributed by atoms with E-state index in [-0.39, 0.29) is 12.1 Å². The van der Waals surface area contributed by atoms with Crippen molar-refractivity contribution in [3.8, 4) is 0 Å². The molecule has 7 nitrogen and oxygen atoms in total. The van der Waals surface area contributed by atoms with E-state index < -0.39 is 23.8 Å². The summed E-state index contributed by atoms with van der Waals surface area (Å²) in [7, 11) is 0. The molecule has 3 aromatic rings. The monoisotopic (exact) mass is 482 g/mol. The Morgan fingerprint density at radius 2 is 1.81 bits per heavy atom. The summed E-state index contributed by atoms with van der Waals surface area (Å²) in [5, 5.41) is 14.6. The highest BCUT2D eigenvalue weighted by molar-refractivity contribution is 9.10. The molecule has 0 unspecified atom stereocenters. The molecule has 1 aromatic heterocycles. The van der Waals surface area contributed by atoms with Gasteiger partial charge in [0.15, 0.2) is 0 Å². The molecule has 0 fully saturated rings. The van der Waals surface area contributed by atoms with Gasteiger partial charge in [0.05, 0.1) is 6.26 Å². The number of benzene rings is 2. The summed E-state index contributed by atoms with van der Waals surface area (Å²) in [6, 6.07) is 17.7. The fourth-order valence-corrected chi connectivity index (χ4v) is 3.18. The summed E-state index contributed by atoms with van der Waals surface area (Å²) >= 11 is 3.30. The number of halogens is 1. The highest BCUT2D eigenvalue weighted by Gasteiger charge is 2.24. The minimum atomic E-state index is -1.19. The fourth-order valence-electron chi connectivity index (χ4n) is 2.78. The molecule has 2 aromatic carbocycles. The van der Waals surface area contributed by atoms with Crippen LogP contribution in [0.2, 0.25) is 0 Å². The van der Waals surface area contributed by atoms with Gasteiger partial charge in [-0.05, 0) is 35.9 Å². The molecule has 0 aliphatic rings. The molecule has 0 bridgehead atoms. The molecule has 3 N–H and O–H groups in total. The lowest BCUT2D eigenvalue weighted by molar-refractivity contribution is -0.141. The summed E-state index contributed by atoms with van der Waals surface area (Å²) in [6.45, 7) is 0. The maximum Gasteiger partial charge on any atom is 0.326 e. The van der Waals surface area contributed by atoms with Gasteiger partial charge in [-0.25, -0.2) is 4.79 Å². The predicted molar refractivity (Wildman–Crippen MR) is 118 cm³/mol. The number of carbonyl (C=O) groups excluding carboxylic acids is 2. The van der Waals surface area contributed by atoms with Crippen LogP contribution in [-0.2, 0) is 16.0 Å². The van der Waals surface area contributed by atoms with Crippen LogP contribution in [0, 0.1) is 0 Å². The Morgan fingerprint density at radius 1 is 1.03 bits per heavy atom. The van der Waals surface area contributed by atoms with E-state index in [2.05, 4.69) is 26.6 Å². The Hall–Kier alpha value is -3.65. The first-order valence-electron chi connectivity index (χ1n) is 9.32. The minimum absolute atomic E-state index is 0.0928. The van der Waals surface area contributed by atoms with Crippen LogP contribution in [0.3, 0.4) is 0 Å². The normalized spacial score (nSPS) is 12.1. The fraction of sp³-hybridized carbons (Fsp3) is 0.0870.